The van der Waals surface area contributed by atoms with E-state index in [-0.39, 0.29) is 17.9 Å². The summed E-state index contributed by atoms with van der Waals surface area (Å²) in [6.45, 7) is 2.08. The minimum absolute atomic E-state index is 0.0357. The molecule has 0 heterocycles. The topological polar surface area (TPSA) is 63.7 Å². The van der Waals surface area contributed by atoms with Crippen LogP contribution in [0.4, 0.5) is 0 Å². The van der Waals surface area contributed by atoms with E-state index in [4.69, 9.17) is 4.74 Å². The zero-order chi connectivity index (χ0) is 14.5. The van der Waals surface area contributed by atoms with E-state index in [0.29, 0.717) is 11.1 Å². The van der Waals surface area contributed by atoms with E-state index in [9.17, 15) is 13.2 Å². The van der Waals surface area contributed by atoms with Gasteiger partial charge in [-0.2, -0.15) is 0 Å². The van der Waals surface area contributed by atoms with Crippen molar-refractivity contribution in [3.8, 4) is 0 Å². The van der Waals surface area contributed by atoms with E-state index in [0.717, 1.165) is 4.31 Å². The first-order valence-corrected chi connectivity index (χ1v) is 7.99. The van der Waals surface area contributed by atoms with Crippen molar-refractivity contribution in [3.05, 3.63) is 28.7 Å². The van der Waals surface area contributed by atoms with Crippen LogP contribution in [-0.4, -0.2) is 38.9 Å². The maximum absolute atomic E-state index is 12.3. The third-order valence-corrected chi connectivity index (χ3v) is 5.33. The Morgan fingerprint density at radius 3 is 2.58 bits per heavy atom. The van der Waals surface area contributed by atoms with E-state index in [1.165, 1.54) is 13.1 Å². The van der Waals surface area contributed by atoms with Gasteiger partial charge in [-0.25, -0.2) is 12.7 Å². The molecule has 0 atom stereocenters. The van der Waals surface area contributed by atoms with Crippen LogP contribution < -0.4 is 0 Å². The molecule has 1 aromatic rings. The number of nitrogens with zero attached hydrogens (tertiary/aromatic N) is 1. The number of halogens is 1. The highest BCUT2D eigenvalue weighted by atomic mass is 79.9. The third-order valence-electron chi connectivity index (χ3n) is 2.46. The summed E-state index contributed by atoms with van der Waals surface area (Å²) in [5.41, 5.74) is 0. The molecule has 0 N–H and O–H groups in total. The van der Waals surface area contributed by atoms with Crippen molar-refractivity contribution in [3.63, 3.8) is 0 Å². The predicted octanol–water partition coefficient (Wildman–Crippen LogP) is 2.02. The lowest BCUT2D eigenvalue weighted by atomic mass is 10.4. The van der Waals surface area contributed by atoms with E-state index < -0.39 is 16.0 Å². The summed E-state index contributed by atoms with van der Waals surface area (Å²) in [5.74, 6) is -0.406. The summed E-state index contributed by atoms with van der Waals surface area (Å²) < 4.78 is 30.9. The fourth-order valence-corrected chi connectivity index (χ4v) is 3.55. The lowest BCUT2D eigenvalue weighted by molar-refractivity contribution is -0.143. The first kappa shape index (κ1) is 16.1. The molecule has 0 fully saturated rings. The Morgan fingerprint density at radius 1 is 1.37 bits per heavy atom. The number of ether oxygens (including phenoxy) is 1. The molecule has 1 rings (SSSR count). The zero-order valence-electron chi connectivity index (χ0n) is 10.8. The first-order valence-electron chi connectivity index (χ1n) is 5.76. The number of sulfonamides is 1. The first-order chi connectivity index (χ1) is 8.89. The van der Waals surface area contributed by atoms with Crippen LogP contribution in [-0.2, 0) is 19.6 Å². The molecule has 106 valence electrons. The average molecular weight is 350 g/mol. The van der Waals surface area contributed by atoms with Gasteiger partial charge in [0.05, 0.1) is 17.9 Å². The number of benzene rings is 1. The monoisotopic (exact) mass is 349 g/mol. The molecule has 19 heavy (non-hydrogen) atoms. The number of hydrogen-bond donors (Lipinski definition) is 0. The summed E-state index contributed by atoms with van der Waals surface area (Å²) in [5, 5.41) is 0. The number of rotatable bonds is 6. The standard InChI is InChI=1S/C12H16BrNO4S/c1-3-18-12(15)8-9-14(2)19(16,17)11-7-5-4-6-10(11)13/h4-7H,3,8-9H2,1-2H3. The zero-order valence-corrected chi connectivity index (χ0v) is 13.2. The van der Waals surface area contributed by atoms with Gasteiger partial charge in [-0.1, -0.05) is 12.1 Å². The molecule has 0 unspecified atom stereocenters. The van der Waals surface area contributed by atoms with Crippen LogP contribution in [0, 0.1) is 0 Å². The van der Waals surface area contributed by atoms with Crippen molar-refractivity contribution in [1.82, 2.24) is 4.31 Å². The molecular formula is C12H16BrNO4S. The Labute approximate surface area is 121 Å². The van der Waals surface area contributed by atoms with Gasteiger partial charge in [-0.15, -0.1) is 0 Å². The number of hydrogen-bond acceptors (Lipinski definition) is 4. The van der Waals surface area contributed by atoms with Gasteiger partial charge in [0.25, 0.3) is 0 Å². The van der Waals surface area contributed by atoms with E-state index in [1.807, 2.05) is 0 Å². The quantitative estimate of drug-likeness (QED) is 0.737. The van der Waals surface area contributed by atoms with Gasteiger partial charge in [-0.3, -0.25) is 4.79 Å². The van der Waals surface area contributed by atoms with Crippen LogP contribution in [0.5, 0.6) is 0 Å². The molecular weight excluding hydrogens is 334 g/mol. The van der Waals surface area contributed by atoms with Gasteiger partial charge in [0.15, 0.2) is 0 Å². The SMILES string of the molecule is CCOC(=O)CCN(C)S(=O)(=O)c1ccccc1Br. The predicted molar refractivity (Wildman–Crippen MR) is 75.2 cm³/mol. The lowest BCUT2D eigenvalue weighted by Crippen LogP contribution is -2.29. The number of carbonyl (C=O) groups is 1. The summed E-state index contributed by atoms with van der Waals surface area (Å²) >= 11 is 3.21. The van der Waals surface area contributed by atoms with Crippen LogP contribution in [0.25, 0.3) is 0 Å². The van der Waals surface area contributed by atoms with E-state index >= 15 is 0 Å². The Hall–Kier alpha value is -0.920. The summed E-state index contributed by atoms with van der Waals surface area (Å²) in [7, 11) is -2.16. The maximum atomic E-state index is 12.3. The summed E-state index contributed by atoms with van der Waals surface area (Å²) in [4.78, 5) is 11.4. The minimum atomic E-state index is -3.60. The number of carbonyl (C=O) groups excluding carboxylic acids is 1. The van der Waals surface area contributed by atoms with Crippen LogP contribution in [0.2, 0.25) is 0 Å². The molecule has 0 aliphatic rings. The highest BCUT2D eigenvalue weighted by Gasteiger charge is 2.23. The second kappa shape index (κ2) is 7.02. The van der Waals surface area contributed by atoms with Gasteiger partial charge < -0.3 is 4.74 Å². The molecule has 0 bridgehead atoms. The molecule has 0 spiro atoms. The van der Waals surface area contributed by atoms with Crippen molar-refractivity contribution >= 4 is 31.9 Å². The third kappa shape index (κ3) is 4.29. The van der Waals surface area contributed by atoms with Gasteiger partial charge in [-0.05, 0) is 35.0 Å². The van der Waals surface area contributed by atoms with Crippen LogP contribution in [0.15, 0.2) is 33.6 Å². The summed E-state index contributed by atoms with van der Waals surface area (Å²) in [6.07, 6.45) is 0.0357. The van der Waals surface area contributed by atoms with Crippen molar-refractivity contribution in [2.75, 3.05) is 20.2 Å². The minimum Gasteiger partial charge on any atom is -0.466 e. The lowest BCUT2D eigenvalue weighted by Gasteiger charge is -2.17. The van der Waals surface area contributed by atoms with Crippen molar-refractivity contribution in [1.29, 1.82) is 0 Å². The summed E-state index contributed by atoms with van der Waals surface area (Å²) in [6, 6.07) is 6.56. The molecule has 0 radical (unpaired) electrons. The molecule has 5 nitrogen and oxygen atoms in total. The van der Waals surface area contributed by atoms with Gasteiger partial charge in [0.1, 0.15) is 0 Å². The second-order valence-electron chi connectivity index (χ2n) is 3.81. The van der Waals surface area contributed by atoms with Crippen LogP contribution >= 0.6 is 15.9 Å². The Balaban J connectivity index is 2.78. The van der Waals surface area contributed by atoms with E-state index in [1.54, 1.807) is 25.1 Å². The normalized spacial score (nSPS) is 11.6. The average Bonchev–Trinajstić information content (AvgIpc) is 2.36. The van der Waals surface area contributed by atoms with Crippen molar-refractivity contribution in [2.24, 2.45) is 0 Å². The molecule has 0 aromatic heterocycles. The molecule has 0 saturated heterocycles. The molecule has 0 saturated carbocycles. The fraction of sp³-hybridized carbons (Fsp3) is 0.417. The fourth-order valence-electron chi connectivity index (χ4n) is 1.42. The van der Waals surface area contributed by atoms with E-state index in [2.05, 4.69) is 15.9 Å². The van der Waals surface area contributed by atoms with Gasteiger partial charge >= 0.3 is 5.97 Å². The Morgan fingerprint density at radius 2 is 2.00 bits per heavy atom. The van der Waals surface area contributed by atoms with Crippen LogP contribution in [0.1, 0.15) is 13.3 Å². The largest absolute Gasteiger partial charge is 0.466 e. The van der Waals surface area contributed by atoms with Gasteiger partial charge in [0.2, 0.25) is 10.0 Å². The maximum Gasteiger partial charge on any atom is 0.307 e. The van der Waals surface area contributed by atoms with Crippen molar-refractivity contribution in [2.45, 2.75) is 18.2 Å². The second-order valence-corrected chi connectivity index (χ2v) is 6.68. The highest BCUT2D eigenvalue weighted by Crippen LogP contribution is 2.23. The van der Waals surface area contributed by atoms with Crippen LogP contribution in [0.3, 0.4) is 0 Å². The Kier molecular flexibility index (Phi) is 5.96. The van der Waals surface area contributed by atoms with Crippen molar-refractivity contribution < 1.29 is 17.9 Å². The molecule has 0 aliphatic heterocycles. The molecule has 0 amide bonds. The highest BCUT2D eigenvalue weighted by molar-refractivity contribution is 9.10. The smallest absolute Gasteiger partial charge is 0.307 e. The molecule has 0 aliphatic carbocycles. The molecule has 7 heteroatoms. The molecule has 1 aromatic carbocycles. The number of esters is 1. The Bertz CT molecular complexity index is 544. The van der Waals surface area contributed by atoms with Gasteiger partial charge in [0, 0.05) is 18.1 Å².